The van der Waals surface area contributed by atoms with Gasteiger partial charge in [-0.2, -0.15) is 0 Å². The third kappa shape index (κ3) is 3.18. The molecule has 23 heavy (non-hydrogen) atoms. The Bertz CT molecular complexity index is 724. The van der Waals surface area contributed by atoms with Crippen LogP contribution in [-0.4, -0.2) is 19.6 Å². The molecule has 0 bridgehead atoms. The smallest absolute Gasteiger partial charge is 0.254 e. The number of ether oxygens (including phenoxy) is 1. The predicted octanol–water partition coefficient (Wildman–Crippen LogP) is 3.44. The Balaban J connectivity index is 1.68. The number of halogens is 2. The standard InChI is InChI=1S/C18H17F2NO2/c1-23-14-6-7-15(16(20)10-14)17(22)21-11-18(8-9-18)12-2-4-13(19)5-3-12/h2-7,10H,8-9,11H2,1H3,(H,21,22). The van der Waals surface area contributed by atoms with Gasteiger partial charge in [0, 0.05) is 18.0 Å². The van der Waals surface area contributed by atoms with E-state index in [9.17, 15) is 13.6 Å². The summed E-state index contributed by atoms with van der Waals surface area (Å²) in [5.74, 6) is -0.995. The molecule has 1 aliphatic carbocycles. The number of carbonyl (C=O) groups is 1. The van der Waals surface area contributed by atoms with Crippen LogP contribution in [-0.2, 0) is 5.41 Å². The molecule has 0 aliphatic heterocycles. The highest BCUT2D eigenvalue weighted by Crippen LogP contribution is 2.47. The van der Waals surface area contributed by atoms with Crippen LogP contribution < -0.4 is 10.1 Å². The van der Waals surface area contributed by atoms with Gasteiger partial charge in [0.05, 0.1) is 12.7 Å². The second-order valence-corrected chi connectivity index (χ2v) is 5.82. The van der Waals surface area contributed by atoms with E-state index in [0.29, 0.717) is 12.3 Å². The number of hydrogen-bond donors (Lipinski definition) is 1. The van der Waals surface area contributed by atoms with Gasteiger partial charge in [-0.1, -0.05) is 12.1 Å². The molecule has 1 amide bonds. The van der Waals surface area contributed by atoms with Gasteiger partial charge in [-0.15, -0.1) is 0 Å². The van der Waals surface area contributed by atoms with E-state index < -0.39 is 11.7 Å². The van der Waals surface area contributed by atoms with Crippen molar-refractivity contribution in [2.75, 3.05) is 13.7 Å². The lowest BCUT2D eigenvalue weighted by molar-refractivity contribution is 0.0945. The molecular weight excluding hydrogens is 300 g/mol. The Kier molecular flexibility index (Phi) is 4.03. The molecule has 2 aromatic rings. The van der Waals surface area contributed by atoms with Gasteiger partial charge < -0.3 is 10.1 Å². The van der Waals surface area contributed by atoms with Crippen molar-refractivity contribution in [3.05, 3.63) is 65.2 Å². The van der Waals surface area contributed by atoms with Crippen molar-refractivity contribution in [1.29, 1.82) is 0 Å². The van der Waals surface area contributed by atoms with E-state index in [-0.39, 0.29) is 16.8 Å². The number of carbonyl (C=O) groups excluding carboxylic acids is 1. The fraction of sp³-hybridized carbons (Fsp3) is 0.278. The van der Waals surface area contributed by atoms with Crippen LogP contribution in [0.1, 0.15) is 28.8 Å². The molecule has 0 unspecified atom stereocenters. The van der Waals surface area contributed by atoms with Crippen molar-refractivity contribution in [3.8, 4) is 5.75 Å². The lowest BCUT2D eigenvalue weighted by atomic mass is 9.96. The molecule has 0 heterocycles. The highest BCUT2D eigenvalue weighted by atomic mass is 19.1. The van der Waals surface area contributed by atoms with Crippen molar-refractivity contribution in [1.82, 2.24) is 5.32 Å². The minimum absolute atomic E-state index is 0.0132. The van der Waals surface area contributed by atoms with Gasteiger partial charge in [0.15, 0.2) is 0 Å². The quantitative estimate of drug-likeness (QED) is 0.917. The van der Waals surface area contributed by atoms with Gasteiger partial charge >= 0.3 is 0 Å². The molecule has 1 fully saturated rings. The van der Waals surface area contributed by atoms with Gasteiger partial charge in [-0.3, -0.25) is 4.79 Å². The number of nitrogens with one attached hydrogen (secondary N) is 1. The van der Waals surface area contributed by atoms with E-state index in [4.69, 9.17) is 4.74 Å². The first kappa shape index (κ1) is 15.5. The molecule has 1 N–H and O–H groups in total. The van der Waals surface area contributed by atoms with Gasteiger partial charge in [0.1, 0.15) is 17.4 Å². The monoisotopic (exact) mass is 317 g/mol. The van der Waals surface area contributed by atoms with E-state index in [2.05, 4.69) is 5.32 Å². The predicted molar refractivity (Wildman–Crippen MR) is 82.6 cm³/mol. The zero-order valence-electron chi connectivity index (χ0n) is 12.7. The summed E-state index contributed by atoms with van der Waals surface area (Å²) in [5, 5.41) is 2.78. The molecular formula is C18H17F2NO2. The zero-order chi connectivity index (χ0) is 16.4. The molecule has 1 aliphatic rings. The average molecular weight is 317 g/mol. The summed E-state index contributed by atoms with van der Waals surface area (Å²) in [6.45, 7) is 0.406. The Labute approximate surface area is 133 Å². The summed E-state index contributed by atoms with van der Waals surface area (Å²) in [6.07, 6.45) is 1.84. The van der Waals surface area contributed by atoms with Crippen LogP contribution in [0.5, 0.6) is 5.75 Å². The largest absolute Gasteiger partial charge is 0.497 e. The summed E-state index contributed by atoms with van der Waals surface area (Å²) in [6, 6.07) is 10.4. The topological polar surface area (TPSA) is 38.3 Å². The van der Waals surface area contributed by atoms with Crippen molar-refractivity contribution in [2.24, 2.45) is 0 Å². The lowest BCUT2D eigenvalue weighted by Crippen LogP contribution is -2.32. The van der Waals surface area contributed by atoms with Crippen LogP contribution in [0.2, 0.25) is 0 Å². The maximum absolute atomic E-state index is 13.9. The van der Waals surface area contributed by atoms with Crippen LogP contribution >= 0.6 is 0 Å². The SMILES string of the molecule is COc1ccc(C(=O)NCC2(c3ccc(F)cc3)CC2)c(F)c1. The number of methoxy groups -OCH3 is 1. The number of amides is 1. The van der Waals surface area contributed by atoms with Crippen molar-refractivity contribution >= 4 is 5.91 Å². The van der Waals surface area contributed by atoms with Crippen LogP contribution in [0.25, 0.3) is 0 Å². The van der Waals surface area contributed by atoms with Crippen molar-refractivity contribution in [2.45, 2.75) is 18.3 Å². The zero-order valence-corrected chi connectivity index (χ0v) is 12.7. The number of hydrogen-bond acceptors (Lipinski definition) is 2. The van der Waals surface area contributed by atoms with Crippen molar-refractivity contribution < 1.29 is 18.3 Å². The maximum Gasteiger partial charge on any atom is 0.254 e. The second kappa shape index (κ2) is 5.99. The van der Waals surface area contributed by atoms with Crippen LogP contribution in [0, 0.1) is 11.6 Å². The fourth-order valence-electron chi connectivity index (χ4n) is 2.67. The minimum atomic E-state index is -0.617. The van der Waals surface area contributed by atoms with Crippen LogP contribution in [0.3, 0.4) is 0 Å². The molecule has 0 saturated heterocycles. The molecule has 3 rings (SSSR count). The van der Waals surface area contributed by atoms with Gasteiger partial charge in [-0.25, -0.2) is 8.78 Å². The molecule has 3 nitrogen and oxygen atoms in total. The lowest BCUT2D eigenvalue weighted by Gasteiger charge is -2.17. The molecule has 1 saturated carbocycles. The summed E-state index contributed by atoms with van der Waals surface area (Å²) >= 11 is 0. The highest BCUT2D eigenvalue weighted by Gasteiger charge is 2.44. The molecule has 2 aromatic carbocycles. The Morgan fingerprint density at radius 2 is 1.87 bits per heavy atom. The van der Waals surface area contributed by atoms with E-state index in [0.717, 1.165) is 18.4 Å². The summed E-state index contributed by atoms with van der Waals surface area (Å²) in [5.41, 5.74) is 0.821. The first-order valence-electron chi connectivity index (χ1n) is 7.42. The Morgan fingerprint density at radius 1 is 1.17 bits per heavy atom. The van der Waals surface area contributed by atoms with Gasteiger partial charge in [0.25, 0.3) is 5.91 Å². The maximum atomic E-state index is 13.9. The molecule has 0 spiro atoms. The third-order valence-corrected chi connectivity index (χ3v) is 4.32. The minimum Gasteiger partial charge on any atom is -0.497 e. The fourth-order valence-corrected chi connectivity index (χ4v) is 2.67. The van der Waals surface area contributed by atoms with Gasteiger partial charge in [0.2, 0.25) is 0 Å². The summed E-state index contributed by atoms with van der Waals surface area (Å²) in [7, 11) is 1.44. The molecule has 0 aromatic heterocycles. The van der Waals surface area contributed by atoms with E-state index >= 15 is 0 Å². The van der Waals surface area contributed by atoms with Crippen LogP contribution in [0.4, 0.5) is 8.78 Å². The van der Waals surface area contributed by atoms with Gasteiger partial charge in [-0.05, 0) is 42.7 Å². The first-order chi connectivity index (χ1) is 11.0. The number of rotatable bonds is 5. The second-order valence-electron chi connectivity index (χ2n) is 5.82. The molecule has 120 valence electrons. The molecule has 0 atom stereocenters. The normalized spacial score (nSPS) is 15.1. The van der Waals surface area contributed by atoms with Crippen molar-refractivity contribution in [3.63, 3.8) is 0 Å². The summed E-state index contributed by atoms with van der Waals surface area (Å²) < 4.78 is 31.8. The average Bonchev–Trinajstić information content (AvgIpc) is 3.34. The van der Waals surface area contributed by atoms with Crippen LogP contribution in [0.15, 0.2) is 42.5 Å². The highest BCUT2D eigenvalue weighted by molar-refractivity contribution is 5.94. The molecule has 5 heteroatoms. The number of benzene rings is 2. The van der Waals surface area contributed by atoms with E-state index in [1.165, 1.54) is 31.4 Å². The first-order valence-corrected chi connectivity index (χ1v) is 7.42. The molecule has 0 radical (unpaired) electrons. The third-order valence-electron chi connectivity index (χ3n) is 4.32. The Morgan fingerprint density at radius 3 is 2.43 bits per heavy atom. The van der Waals surface area contributed by atoms with E-state index in [1.54, 1.807) is 18.2 Å². The van der Waals surface area contributed by atoms with E-state index in [1.807, 2.05) is 0 Å². The Hall–Kier alpha value is -2.43. The summed E-state index contributed by atoms with van der Waals surface area (Å²) in [4.78, 5) is 12.2.